The summed E-state index contributed by atoms with van der Waals surface area (Å²) in [5.41, 5.74) is 5.08. The average molecular weight is 222 g/mol. The third-order valence-corrected chi connectivity index (χ3v) is 1.86. The fourth-order valence-electron chi connectivity index (χ4n) is 1.21. The van der Waals surface area contributed by atoms with Gasteiger partial charge in [0.15, 0.2) is 0 Å². The topological polar surface area (TPSA) is 29.3 Å². The molecule has 0 spiro atoms. The molecule has 0 atom stereocenters. The van der Waals surface area contributed by atoms with Crippen LogP contribution in [0.2, 0.25) is 0 Å². The van der Waals surface area contributed by atoms with Crippen LogP contribution in [0.5, 0.6) is 0 Å². The van der Waals surface area contributed by atoms with Gasteiger partial charge in [-0.3, -0.25) is 0 Å². The molecule has 1 rings (SSSR count). The molecule has 0 bridgehead atoms. The van der Waals surface area contributed by atoms with Gasteiger partial charge >= 0.3 is 6.18 Å². The quantitative estimate of drug-likeness (QED) is 0.615. The molecule has 0 aromatic heterocycles. The third-order valence-electron chi connectivity index (χ3n) is 1.86. The number of nitrogens with two attached hydrogens (primary N) is 1. The van der Waals surface area contributed by atoms with Crippen molar-refractivity contribution < 1.29 is 17.6 Å². The van der Waals surface area contributed by atoms with Crippen molar-refractivity contribution in [3.8, 4) is 0 Å². The molecule has 2 nitrogen and oxygen atoms in total. The van der Waals surface area contributed by atoms with Crippen LogP contribution in [0, 0.1) is 5.82 Å². The number of halogens is 4. The first-order valence-corrected chi connectivity index (χ1v) is 4.13. The fraction of sp³-hybridized carbons (Fsp3) is 0.333. The second kappa shape index (κ2) is 3.96. The molecule has 0 aliphatic heterocycles. The van der Waals surface area contributed by atoms with E-state index in [1.165, 1.54) is 19.2 Å². The van der Waals surface area contributed by atoms with Crippen molar-refractivity contribution in [1.29, 1.82) is 0 Å². The molecule has 0 saturated carbocycles. The van der Waals surface area contributed by atoms with Crippen LogP contribution >= 0.6 is 0 Å². The number of nitrogen functional groups attached to an aromatic ring is 1. The molecular weight excluding hydrogens is 212 g/mol. The normalized spacial score (nSPS) is 11.5. The zero-order valence-corrected chi connectivity index (χ0v) is 7.98. The van der Waals surface area contributed by atoms with Crippen LogP contribution in [0.1, 0.15) is 0 Å². The number of rotatable bonds is 2. The Balaban J connectivity index is 2.92. The summed E-state index contributed by atoms with van der Waals surface area (Å²) in [6.07, 6.45) is -4.34. The van der Waals surface area contributed by atoms with E-state index in [1.807, 2.05) is 0 Å². The van der Waals surface area contributed by atoms with Crippen LogP contribution in [-0.2, 0) is 0 Å². The molecule has 0 saturated heterocycles. The molecule has 0 fully saturated rings. The van der Waals surface area contributed by atoms with E-state index in [-0.39, 0.29) is 11.4 Å². The van der Waals surface area contributed by atoms with Crippen LogP contribution in [0.25, 0.3) is 0 Å². The smallest absolute Gasteiger partial charge is 0.395 e. The molecule has 15 heavy (non-hydrogen) atoms. The second-order valence-electron chi connectivity index (χ2n) is 3.14. The summed E-state index contributed by atoms with van der Waals surface area (Å²) >= 11 is 0. The van der Waals surface area contributed by atoms with E-state index in [4.69, 9.17) is 5.73 Å². The van der Waals surface area contributed by atoms with E-state index in [1.54, 1.807) is 0 Å². The summed E-state index contributed by atoms with van der Waals surface area (Å²) in [6.45, 7) is -1.17. The minimum absolute atomic E-state index is 0.0346. The van der Waals surface area contributed by atoms with E-state index in [0.29, 0.717) is 0 Å². The van der Waals surface area contributed by atoms with E-state index in [9.17, 15) is 17.6 Å². The molecule has 0 amide bonds. The zero-order valence-electron chi connectivity index (χ0n) is 7.98. The zero-order chi connectivity index (χ0) is 11.6. The van der Waals surface area contributed by atoms with Crippen LogP contribution in [-0.4, -0.2) is 19.8 Å². The van der Waals surface area contributed by atoms with Gasteiger partial charge in [0.2, 0.25) is 0 Å². The molecule has 0 radical (unpaired) electrons. The van der Waals surface area contributed by atoms with Gasteiger partial charge in [-0.25, -0.2) is 4.39 Å². The number of para-hydroxylation sites is 1. The van der Waals surface area contributed by atoms with Crippen molar-refractivity contribution in [3.63, 3.8) is 0 Å². The highest BCUT2D eigenvalue weighted by atomic mass is 19.4. The Morgan fingerprint density at radius 3 is 2.47 bits per heavy atom. The van der Waals surface area contributed by atoms with Gasteiger partial charge in [-0.05, 0) is 12.1 Å². The Labute approximate surface area is 84.3 Å². The number of nitrogens with zero attached hydrogens (tertiary/aromatic N) is 1. The lowest BCUT2D eigenvalue weighted by molar-refractivity contribution is -0.119. The first kappa shape index (κ1) is 11.6. The van der Waals surface area contributed by atoms with E-state index in [0.717, 1.165) is 11.0 Å². The Hall–Kier alpha value is -1.46. The third kappa shape index (κ3) is 3.00. The molecule has 1 aromatic rings. The van der Waals surface area contributed by atoms with Crippen LogP contribution in [0.15, 0.2) is 18.2 Å². The summed E-state index contributed by atoms with van der Waals surface area (Å²) in [5, 5.41) is 0. The highest BCUT2D eigenvalue weighted by Crippen LogP contribution is 2.27. The number of alkyl halides is 3. The van der Waals surface area contributed by atoms with Crippen LogP contribution in [0.4, 0.5) is 28.9 Å². The average Bonchev–Trinajstić information content (AvgIpc) is 2.06. The van der Waals surface area contributed by atoms with E-state index in [2.05, 4.69) is 0 Å². The van der Waals surface area contributed by atoms with Crippen molar-refractivity contribution in [1.82, 2.24) is 0 Å². The lowest BCUT2D eigenvalue weighted by Gasteiger charge is -2.22. The number of benzene rings is 1. The largest absolute Gasteiger partial charge is 0.405 e. The van der Waals surface area contributed by atoms with Gasteiger partial charge in [0.1, 0.15) is 12.4 Å². The van der Waals surface area contributed by atoms with E-state index < -0.39 is 18.5 Å². The maximum Gasteiger partial charge on any atom is 0.405 e. The monoisotopic (exact) mass is 222 g/mol. The standard InChI is InChI=1S/C9H10F4N2/c1-15(5-9(11,12)13)7-4-2-3-6(10)8(7)14/h2-4H,5,14H2,1H3. The summed E-state index contributed by atoms with van der Waals surface area (Å²) in [7, 11) is 1.21. The Morgan fingerprint density at radius 2 is 1.93 bits per heavy atom. The van der Waals surface area contributed by atoms with Gasteiger partial charge < -0.3 is 10.6 Å². The molecule has 2 N–H and O–H groups in total. The maximum atomic E-state index is 12.9. The molecule has 84 valence electrons. The molecule has 0 aliphatic carbocycles. The Kier molecular flexibility index (Phi) is 3.06. The van der Waals surface area contributed by atoms with Crippen LogP contribution < -0.4 is 10.6 Å². The summed E-state index contributed by atoms with van der Waals surface area (Å²) < 4.78 is 49.1. The van der Waals surface area contributed by atoms with E-state index >= 15 is 0 Å². The summed E-state index contributed by atoms with van der Waals surface area (Å²) in [4.78, 5) is 0.860. The highest BCUT2D eigenvalue weighted by molar-refractivity contribution is 5.67. The SMILES string of the molecule is CN(CC(F)(F)F)c1cccc(F)c1N. The molecule has 0 aliphatic rings. The minimum atomic E-state index is -4.34. The van der Waals surface area contributed by atoms with Crippen molar-refractivity contribution in [2.24, 2.45) is 0 Å². The lowest BCUT2D eigenvalue weighted by Crippen LogP contribution is -2.31. The Morgan fingerprint density at radius 1 is 1.33 bits per heavy atom. The predicted octanol–water partition coefficient (Wildman–Crippen LogP) is 2.41. The van der Waals surface area contributed by atoms with Gasteiger partial charge in [-0.15, -0.1) is 0 Å². The lowest BCUT2D eigenvalue weighted by atomic mass is 10.2. The van der Waals surface area contributed by atoms with Crippen molar-refractivity contribution in [2.75, 3.05) is 24.2 Å². The van der Waals surface area contributed by atoms with Gasteiger partial charge in [0.25, 0.3) is 0 Å². The van der Waals surface area contributed by atoms with Crippen molar-refractivity contribution in [3.05, 3.63) is 24.0 Å². The van der Waals surface area contributed by atoms with Gasteiger partial charge in [-0.1, -0.05) is 6.07 Å². The highest BCUT2D eigenvalue weighted by Gasteiger charge is 2.30. The number of hydrogen-bond acceptors (Lipinski definition) is 2. The van der Waals surface area contributed by atoms with Gasteiger partial charge in [-0.2, -0.15) is 13.2 Å². The fourth-order valence-corrected chi connectivity index (χ4v) is 1.21. The molecular formula is C9H10F4N2. The molecule has 0 heterocycles. The van der Waals surface area contributed by atoms with Crippen molar-refractivity contribution in [2.45, 2.75) is 6.18 Å². The van der Waals surface area contributed by atoms with Gasteiger partial charge in [0.05, 0.1) is 11.4 Å². The van der Waals surface area contributed by atoms with Crippen LogP contribution in [0.3, 0.4) is 0 Å². The van der Waals surface area contributed by atoms with Gasteiger partial charge in [0, 0.05) is 7.05 Å². The molecule has 0 unspecified atom stereocenters. The number of hydrogen-bond donors (Lipinski definition) is 1. The summed E-state index contributed by atoms with van der Waals surface area (Å²) in [5.74, 6) is -0.721. The minimum Gasteiger partial charge on any atom is -0.395 e. The first-order chi connectivity index (χ1) is 6.81. The molecule has 6 heteroatoms. The molecule has 1 aromatic carbocycles. The Bertz CT molecular complexity index is 348. The summed E-state index contributed by atoms with van der Waals surface area (Å²) in [6, 6.07) is 3.75. The van der Waals surface area contributed by atoms with Crippen molar-refractivity contribution >= 4 is 11.4 Å². The predicted molar refractivity (Wildman–Crippen MR) is 50.1 cm³/mol. The second-order valence-corrected chi connectivity index (χ2v) is 3.14. The number of anilines is 2. The maximum absolute atomic E-state index is 12.9. The first-order valence-electron chi connectivity index (χ1n) is 4.13.